The van der Waals surface area contributed by atoms with Crippen LogP contribution in [0.5, 0.6) is 5.75 Å². The number of hydrogen-bond donors (Lipinski definition) is 2. The Balaban J connectivity index is 1.64. The molecule has 3 aromatic rings. The topological polar surface area (TPSA) is 68.0 Å². The van der Waals surface area contributed by atoms with Crippen LogP contribution in [0.4, 0.5) is 0 Å². The van der Waals surface area contributed by atoms with E-state index in [4.69, 9.17) is 18.9 Å². The number of aliphatic imine (C=N–C) groups is 1. The van der Waals surface area contributed by atoms with E-state index in [9.17, 15) is 0 Å². The monoisotopic (exact) mass is 427 g/mol. The number of methoxy groups -OCH3 is 1. The summed E-state index contributed by atoms with van der Waals surface area (Å²) in [5.41, 5.74) is 2.20. The molecule has 1 aromatic carbocycles. The summed E-state index contributed by atoms with van der Waals surface area (Å²) in [6, 6.07) is 14.2. The van der Waals surface area contributed by atoms with Crippen LogP contribution in [-0.2, 0) is 24.2 Å². The average molecular weight is 428 g/mol. The number of nitrogens with zero attached hydrogens (tertiary/aromatic N) is 1. The Morgan fingerprint density at radius 2 is 2.07 bits per heavy atom. The Bertz CT molecular complexity index is 893. The highest BCUT2D eigenvalue weighted by Gasteiger charge is 2.06. The first-order valence-electron chi connectivity index (χ1n) is 10.0. The lowest BCUT2D eigenvalue weighted by molar-refractivity contribution is 0.145. The Hall–Kier alpha value is -2.77. The lowest BCUT2D eigenvalue weighted by atomic mass is 10.1. The Labute approximate surface area is 181 Å². The molecule has 0 aliphatic carbocycles. The summed E-state index contributed by atoms with van der Waals surface area (Å²) in [6.45, 7) is 5.11. The van der Waals surface area contributed by atoms with Crippen molar-refractivity contribution in [3.8, 4) is 5.75 Å². The molecule has 0 aliphatic heterocycles. The summed E-state index contributed by atoms with van der Waals surface area (Å²) in [4.78, 5) is 6.05. The summed E-state index contributed by atoms with van der Waals surface area (Å²) in [7, 11) is 1.67. The van der Waals surface area contributed by atoms with Crippen LogP contribution in [0.2, 0.25) is 0 Å². The second-order valence-corrected chi connectivity index (χ2v) is 7.84. The van der Waals surface area contributed by atoms with Crippen LogP contribution in [0, 0.1) is 6.92 Å². The number of aryl methyl sites for hydroxylation is 1. The third-order valence-corrected chi connectivity index (χ3v) is 5.31. The third kappa shape index (κ3) is 7.24. The number of nitrogens with one attached hydrogen (secondary N) is 2. The van der Waals surface area contributed by atoms with Gasteiger partial charge in [-0.2, -0.15) is 0 Å². The largest absolute Gasteiger partial charge is 0.491 e. The van der Waals surface area contributed by atoms with Crippen molar-refractivity contribution in [1.29, 1.82) is 0 Å². The van der Waals surface area contributed by atoms with E-state index >= 15 is 0 Å². The molecule has 0 spiro atoms. The van der Waals surface area contributed by atoms with Crippen LogP contribution in [-0.4, -0.2) is 32.8 Å². The van der Waals surface area contributed by atoms with Crippen LogP contribution in [0.1, 0.15) is 21.8 Å². The van der Waals surface area contributed by atoms with Gasteiger partial charge in [0, 0.05) is 30.5 Å². The quantitative estimate of drug-likeness (QED) is 0.273. The SMILES string of the molecule is COCCOc1cc(C)ccc1CN=C(NCCc1ccco1)NCc1cccs1. The Morgan fingerprint density at radius 3 is 2.83 bits per heavy atom. The van der Waals surface area contributed by atoms with Gasteiger partial charge in [0.25, 0.3) is 0 Å². The fourth-order valence-electron chi connectivity index (χ4n) is 2.84. The van der Waals surface area contributed by atoms with E-state index in [1.807, 2.05) is 18.2 Å². The van der Waals surface area contributed by atoms with Crippen molar-refractivity contribution in [2.75, 3.05) is 26.9 Å². The minimum Gasteiger partial charge on any atom is -0.491 e. The molecule has 0 aliphatic rings. The molecule has 2 N–H and O–H groups in total. The first-order valence-corrected chi connectivity index (χ1v) is 10.9. The molecule has 2 heterocycles. The van der Waals surface area contributed by atoms with Crippen molar-refractivity contribution in [3.05, 3.63) is 75.9 Å². The van der Waals surface area contributed by atoms with Gasteiger partial charge in [-0.1, -0.05) is 18.2 Å². The Kier molecular flexibility index (Phi) is 8.80. The standard InChI is InChI=1S/C23H29N3O3S/c1-18-7-8-19(22(15-18)29-13-12-27-2)16-25-23(26-17-21-6-4-14-30-21)24-10-9-20-5-3-11-28-20/h3-8,11,14-15H,9-10,12-13,16-17H2,1-2H3,(H2,24,25,26). The van der Waals surface area contributed by atoms with E-state index in [1.54, 1.807) is 24.7 Å². The average Bonchev–Trinajstić information content (AvgIpc) is 3.45. The summed E-state index contributed by atoms with van der Waals surface area (Å²) in [6.07, 6.45) is 2.49. The van der Waals surface area contributed by atoms with Crippen molar-refractivity contribution < 1.29 is 13.9 Å². The van der Waals surface area contributed by atoms with Crippen molar-refractivity contribution in [1.82, 2.24) is 10.6 Å². The van der Waals surface area contributed by atoms with Gasteiger partial charge in [-0.05, 0) is 42.1 Å². The predicted octanol–water partition coefficient (Wildman–Crippen LogP) is 4.15. The van der Waals surface area contributed by atoms with E-state index in [-0.39, 0.29) is 0 Å². The first-order chi connectivity index (χ1) is 14.7. The number of guanidine groups is 1. The number of ether oxygens (including phenoxy) is 2. The molecule has 0 saturated carbocycles. The molecular formula is C23H29N3O3S. The van der Waals surface area contributed by atoms with Crippen LogP contribution >= 0.6 is 11.3 Å². The zero-order chi connectivity index (χ0) is 21.0. The molecule has 0 bridgehead atoms. The fraction of sp³-hybridized carbons (Fsp3) is 0.348. The van der Waals surface area contributed by atoms with E-state index in [0.717, 1.165) is 48.1 Å². The van der Waals surface area contributed by atoms with Gasteiger partial charge in [-0.15, -0.1) is 11.3 Å². The molecule has 160 valence electrons. The molecule has 0 radical (unpaired) electrons. The number of hydrogen-bond acceptors (Lipinski definition) is 5. The van der Waals surface area contributed by atoms with Gasteiger partial charge >= 0.3 is 0 Å². The zero-order valence-corrected chi connectivity index (χ0v) is 18.3. The number of benzene rings is 1. The van der Waals surface area contributed by atoms with Gasteiger partial charge in [0.05, 0.1) is 26.0 Å². The third-order valence-electron chi connectivity index (χ3n) is 4.43. The minimum atomic E-state index is 0.515. The van der Waals surface area contributed by atoms with Gasteiger partial charge in [0.1, 0.15) is 18.1 Å². The van der Waals surface area contributed by atoms with Crippen molar-refractivity contribution >= 4 is 17.3 Å². The van der Waals surface area contributed by atoms with E-state index in [2.05, 4.69) is 47.2 Å². The summed E-state index contributed by atoms with van der Waals surface area (Å²) in [5, 5.41) is 8.89. The second-order valence-electron chi connectivity index (χ2n) is 6.81. The molecule has 0 atom stereocenters. The molecule has 0 fully saturated rings. The highest BCUT2D eigenvalue weighted by molar-refractivity contribution is 7.09. The van der Waals surface area contributed by atoms with E-state index in [1.165, 1.54) is 4.88 Å². The van der Waals surface area contributed by atoms with E-state index < -0.39 is 0 Å². The summed E-state index contributed by atoms with van der Waals surface area (Å²) < 4.78 is 16.4. The molecule has 3 rings (SSSR count). The lowest BCUT2D eigenvalue weighted by Crippen LogP contribution is -2.38. The maximum absolute atomic E-state index is 5.89. The molecular weight excluding hydrogens is 398 g/mol. The second kappa shape index (κ2) is 12.0. The maximum atomic E-state index is 5.89. The highest BCUT2D eigenvalue weighted by atomic mass is 32.1. The highest BCUT2D eigenvalue weighted by Crippen LogP contribution is 2.21. The number of furan rings is 1. The van der Waals surface area contributed by atoms with E-state index in [0.29, 0.717) is 19.8 Å². The summed E-state index contributed by atoms with van der Waals surface area (Å²) in [5.74, 6) is 2.56. The Morgan fingerprint density at radius 1 is 1.13 bits per heavy atom. The molecule has 7 heteroatoms. The zero-order valence-electron chi connectivity index (χ0n) is 17.5. The van der Waals surface area contributed by atoms with Crippen LogP contribution < -0.4 is 15.4 Å². The van der Waals surface area contributed by atoms with Gasteiger partial charge < -0.3 is 24.5 Å². The van der Waals surface area contributed by atoms with Gasteiger partial charge in [0.2, 0.25) is 0 Å². The van der Waals surface area contributed by atoms with Crippen molar-refractivity contribution in [3.63, 3.8) is 0 Å². The molecule has 2 aromatic heterocycles. The van der Waals surface area contributed by atoms with Crippen LogP contribution in [0.15, 0.2) is 63.5 Å². The maximum Gasteiger partial charge on any atom is 0.191 e. The summed E-state index contributed by atoms with van der Waals surface area (Å²) >= 11 is 1.72. The molecule has 0 unspecified atom stereocenters. The smallest absolute Gasteiger partial charge is 0.191 e. The van der Waals surface area contributed by atoms with Crippen LogP contribution in [0.3, 0.4) is 0 Å². The predicted molar refractivity (Wildman–Crippen MR) is 121 cm³/mol. The molecule has 6 nitrogen and oxygen atoms in total. The normalized spacial score (nSPS) is 11.5. The lowest BCUT2D eigenvalue weighted by Gasteiger charge is -2.14. The molecule has 30 heavy (non-hydrogen) atoms. The fourth-order valence-corrected chi connectivity index (χ4v) is 3.49. The van der Waals surface area contributed by atoms with Gasteiger partial charge in [-0.25, -0.2) is 4.99 Å². The molecule has 0 saturated heterocycles. The van der Waals surface area contributed by atoms with Gasteiger partial charge in [0.15, 0.2) is 5.96 Å². The number of rotatable bonds is 11. The van der Waals surface area contributed by atoms with Crippen LogP contribution in [0.25, 0.3) is 0 Å². The van der Waals surface area contributed by atoms with Crippen molar-refractivity contribution in [2.24, 2.45) is 4.99 Å². The number of thiophene rings is 1. The minimum absolute atomic E-state index is 0.515. The first kappa shape index (κ1) is 21.9. The van der Waals surface area contributed by atoms with Crippen molar-refractivity contribution in [2.45, 2.75) is 26.4 Å². The molecule has 0 amide bonds. The van der Waals surface area contributed by atoms with Gasteiger partial charge in [-0.3, -0.25) is 0 Å².